The molecule has 5 nitrogen and oxygen atoms in total. The summed E-state index contributed by atoms with van der Waals surface area (Å²) in [5.41, 5.74) is 2.65. The highest BCUT2D eigenvalue weighted by molar-refractivity contribution is 7.71. The van der Waals surface area contributed by atoms with E-state index in [2.05, 4.69) is 10.3 Å². The van der Waals surface area contributed by atoms with E-state index in [-0.39, 0.29) is 18.3 Å². The number of carbonyl (C=O) groups is 1. The van der Waals surface area contributed by atoms with Crippen molar-refractivity contribution in [2.45, 2.75) is 6.61 Å². The minimum atomic E-state index is -0.354. The van der Waals surface area contributed by atoms with E-state index in [0.717, 1.165) is 11.3 Å². The van der Waals surface area contributed by atoms with Gasteiger partial charge < -0.3 is 15.0 Å². The molecular weight excluding hydrogens is 401 g/mol. The van der Waals surface area contributed by atoms with Gasteiger partial charge >= 0.3 is 0 Å². The van der Waals surface area contributed by atoms with Gasteiger partial charge in [-0.05, 0) is 54.2 Å². The van der Waals surface area contributed by atoms with E-state index in [9.17, 15) is 9.18 Å². The van der Waals surface area contributed by atoms with E-state index in [1.54, 1.807) is 29.0 Å². The van der Waals surface area contributed by atoms with Gasteiger partial charge in [-0.2, -0.15) is 0 Å². The lowest BCUT2D eigenvalue weighted by Gasteiger charge is -2.11. The fourth-order valence-electron chi connectivity index (χ4n) is 3.03. The van der Waals surface area contributed by atoms with E-state index in [1.807, 2.05) is 48.5 Å². The largest absolute Gasteiger partial charge is 0.489 e. The second kappa shape index (κ2) is 8.75. The number of nitrogens with one attached hydrogen (secondary N) is 2. The van der Waals surface area contributed by atoms with Crippen LogP contribution in [-0.4, -0.2) is 15.5 Å². The smallest absolute Gasteiger partial charge is 0.274 e. The molecule has 0 fully saturated rings. The first-order valence-corrected chi connectivity index (χ1v) is 9.65. The number of halogens is 1. The van der Waals surface area contributed by atoms with Crippen LogP contribution in [0.15, 0.2) is 85.1 Å². The van der Waals surface area contributed by atoms with Crippen molar-refractivity contribution >= 4 is 23.8 Å². The van der Waals surface area contributed by atoms with Crippen molar-refractivity contribution in [2.75, 3.05) is 5.32 Å². The van der Waals surface area contributed by atoms with E-state index >= 15 is 0 Å². The van der Waals surface area contributed by atoms with Gasteiger partial charge in [-0.15, -0.1) is 0 Å². The fourth-order valence-corrected chi connectivity index (χ4v) is 3.29. The average molecular weight is 419 g/mol. The molecule has 1 amide bonds. The number of carbonyl (C=O) groups excluding carboxylic acids is 1. The molecule has 0 aliphatic rings. The van der Waals surface area contributed by atoms with Crippen LogP contribution in [0.4, 0.5) is 10.1 Å². The summed E-state index contributed by atoms with van der Waals surface area (Å²) in [6, 6.07) is 22.7. The van der Waals surface area contributed by atoms with Crippen molar-refractivity contribution in [3.8, 4) is 11.4 Å². The number of H-pyrrole nitrogens is 1. The summed E-state index contributed by atoms with van der Waals surface area (Å²) < 4.78 is 21.0. The van der Waals surface area contributed by atoms with Gasteiger partial charge in [0.15, 0.2) is 4.77 Å². The summed E-state index contributed by atoms with van der Waals surface area (Å²) in [5.74, 6) is -0.208. The standard InChI is InChI=1S/C23H18FN3O2S/c24-17-7-5-11-20(13-17)29-15-16-6-4-8-18(12-16)26-22(28)21-14-25-23(30)27(21)19-9-2-1-3-10-19/h1-14H,15H2,(H,25,30)(H,26,28). The van der Waals surface area contributed by atoms with Gasteiger partial charge in [-0.25, -0.2) is 4.39 Å². The van der Waals surface area contributed by atoms with Gasteiger partial charge in [0.25, 0.3) is 5.91 Å². The highest BCUT2D eigenvalue weighted by Gasteiger charge is 2.14. The van der Waals surface area contributed by atoms with E-state index in [0.29, 0.717) is 21.9 Å². The molecule has 150 valence electrons. The summed E-state index contributed by atoms with van der Waals surface area (Å²) in [4.78, 5) is 15.8. The number of imidazole rings is 1. The lowest BCUT2D eigenvalue weighted by molar-refractivity contribution is 0.102. The number of para-hydroxylation sites is 1. The minimum absolute atomic E-state index is 0.248. The van der Waals surface area contributed by atoms with Gasteiger partial charge in [0, 0.05) is 23.6 Å². The van der Waals surface area contributed by atoms with Gasteiger partial charge in [-0.3, -0.25) is 9.36 Å². The highest BCUT2D eigenvalue weighted by atomic mass is 32.1. The molecule has 1 aromatic heterocycles. The Hall–Kier alpha value is -3.71. The van der Waals surface area contributed by atoms with Crippen molar-refractivity contribution in [2.24, 2.45) is 0 Å². The van der Waals surface area contributed by atoms with Crippen LogP contribution in [0.3, 0.4) is 0 Å². The third-order valence-electron chi connectivity index (χ3n) is 4.41. The first-order chi connectivity index (χ1) is 14.6. The van der Waals surface area contributed by atoms with Crippen LogP contribution in [-0.2, 0) is 6.61 Å². The van der Waals surface area contributed by atoms with Gasteiger partial charge in [-0.1, -0.05) is 36.4 Å². The lowest BCUT2D eigenvalue weighted by atomic mass is 10.2. The molecule has 1 heterocycles. The molecule has 0 radical (unpaired) electrons. The monoisotopic (exact) mass is 419 g/mol. The normalized spacial score (nSPS) is 10.6. The molecule has 0 spiro atoms. The van der Waals surface area contributed by atoms with E-state index in [4.69, 9.17) is 17.0 Å². The molecule has 4 aromatic rings. The molecule has 0 saturated carbocycles. The van der Waals surface area contributed by atoms with Crippen molar-refractivity contribution in [1.82, 2.24) is 9.55 Å². The Morgan fingerprint density at radius 2 is 1.83 bits per heavy atom. The van der Waals surface area contributed by atoms with Crippen LogP contribution in [0.2, 0.25) is 0 Å². The molecular formula is C23H18FN3O2S. The number of ether oxygens (including phenoxy) is 1. The molecule has 0 bridgehead atoms. The second-order valence-electron chi connectivity index (χ2n) is 6.55. The first-order valence-electron chi connectivity index (χ1n) is 9.25. The molecule has 7 heteroatoms. The molecule has 2 N–H and O–H groups in total. The van der Waals surface area contributed by atoms with Gasteiger partial charge in [0.2, 0.25) is 0 Å². The zero-order chi connectivity index (χ0) is 20.9. The second-order valence-corrected chi connectivity index (χ2v) is 6.94. The Labute approximate surface area is 177 Å². The molecule has 0 unspecified atom stereocenters. The summed E-state index contributed by atoms with van der Waals surface area (Å²) in [6.45, 7) is 0.248. The maximum Gasteiger partial charge on any atom is 0.274 e. The number of amides is 1. The fraction of sp³-hybridized carbons (Fsp3) is 0.0435. The van der Waals surface area contributed by atoms with Crippen molar-refractivity contribution in [1.29, 1.82) is 0 Å². The molecule has 30 heavy (non-hydrogen) atoms. The van der Waals surface area contributed by atoms with Crippen LogP contribution in [0.5, 0.6) is 5.75 Å². The van der Waals surface area contributed by atoms with Gasteiger partial charge in [0.05, 0.1) is 0 Å². The number of nitrogens with zero attached hydrogens (tertiary/aromatic N) is 1. The van der Waals surface area contributed by atoms with Crippen LogP contribution >= 0.6 is 12.2 Å². The molecule has 3 aromatic carbocycles. The molecule has 0 atom stereocenters. The number of aromatic nitrogens is 2. The topological polar surface area (TPSA) is 59.0 Å². The molecule has 0 aliphatic heterocycles. The number of hydrogen-bond acceptors (Lipinski definition) is 3. The maximum atomic E-state index is 13.3. The predicted molar refractivity (Wildman–Crippen MR) is 116 cm³/mol. The third-order valence-corrected chi connectivity index (χ3v) is 4.71. The summed E-state index contributed by atoms with van der Waals surface area (Å²) >= 11 is 5.33. The molecule has 0 saturated heterocycles. The summed E-state index contributed by atoms with van der Waals surface area (Å²) in [6.07, 6.45) is 1.58. The number of anilines is 1. The average Bonchev–Trinajstić information content (AvgIpc) is 3.15. The predicted octanol–water partition coefficient (Wildman–Crippen LogP) is 5.51. The Morgan fingerprint density at radius 3 is 2.63 bits per heavy atom. The van der Waals surface area contributed by atoms with Crippen LogP contribution in [0, 0.1) is 10.6 Å². The number of aromatic amines is 1. The molecule has 4 rings (SSSR count). The van der Waals surface area contributed by atoms with E-state index < -0.39 is 0 Å². The quantitative estimate of drug-likeness (QED) is 0.406. The first kappa shape index (κ1) is 19.6. The van der Waals surface area contributed by atoms with Crippen molar-refractivity contribution < 1.29 is 13.9 Å². The van der Waals surface area contributed by atoms with E-state index in [1.165, 1.54) is 12.1 Å². The Balaban J connectivity index is 1.50. The number of hydrogen-bond donors (Lipinski definition) is 2. The molecule has 0 aliphatic carbocycles. The van der Waals surface area contributed by atoms with Gasteiger partial charge in [0.1, 0.15) is 23.9 Å². The Bertz CT molecular complexity index is 1230. The third kappa shape index (κ3) is 4.47. The number of benzene rings is 3. The van der Waals surface area contributed by atoms with Crippen LogP contribution < -0.4 is 10.1 Å². The summed E-state index contributed by atoms with van der Waals surface area (Å²) in [5, 5.41) is 2.89. The maximum absolute atomic E-state index is 13.3. The summed E-state index contributed by atoms with van der Waals surface area (Å²) in [7, 11) is 0. The number of rotatable bonds is 6. The van der Waals surface area contributed by atoms with Crippen LogP contribution in [0.1, 0.15) is 16.1 Å². The van der Waals surface area contributed by atoms with Crippen molar-refractivity contribution in [3.05, 3.63) is 107 Å². The zero-order valence-corrected chi connectivity index (χ0v) is 16.7. The highest BCUT2D eigenvalue weighted by Crippen LogP contribution is 2.18. The lowest BCUT2D eigenvalue weighted by Crippen LogP contribution is -2.16. The van der Waals surface area contributed by atoms with Crippen LogP contribution in [0.25, 0.3) is 5.69 Å². The Morgan fingerprint density at radius 1 is 1.03 bits per heavy atom. The van der Waals surface area contributed by atoms with Crippen molar-refractivity contribution in [3.63, 3.8) is 0 Å². The Kier molecular flexibility index (Phi) is 5.72. The SMILES string of the molecule is O=C(Nc1cccc(COc2cccc(F)c2)c1)c1c[nH]c(=S)n1-c1ccccc1. The zero-order valence-electron chi connectivity index (χ0n) is 15.8. The minimum Gasteiger partial charge on any atom is -0.489 e.